The highest BCUT2D eigenvalue weighted by molar-refractivity contribution is 5.91. The Hall–Kier alpha value is -1.62. The maximum absolute atomic E-state index is 11.2. The van der Waals surface area contributed by atoms with Gasteiger partial charge < -0.3 is 15.4 Å². The van der Waals surface area contributed by atoms with E-state index in [9.17, 15) is 4.79 Å². The van der Waals surface area contributed by atoms with E-state index in [0.717, 1.165) is 25.2 Å². The van der Waals surface area contributed by atoms with Gasteiger partial charge in [-0.25, -0.2) is 0 Å². The van der Waals surface area contributed by atoms with Crippen LogP contribution in [0.4, 0.5) is 5.69 Å². The zero-order valence-corrected chi connectivity index (χ0v) is 11.7. The van der Waals surface area contributed by atoms with Gasteiger partial charge in [0, 0.05) is 37.5 Å². The van der Waals surface area contributed by atoms with Crippen molar-refractivity contribution < 1.29 is 9.53 Å². The van der Waals surface area contributed by atoms with Gasteiger partial charge in [-0.3, -0.25) is 9.78 Å². The van der Waals surface area contributed by atoms with E-state index in [0.29, 0.717) is 5.69 Å². The second kappa shape index (κ2) is 5.17. The Labute approximate surface area is 113 Å². The third-order valence-electron chi connectivity index (χ3n) is 3.78. The number of rotatable bonds is 3. The molecule has 1 aromatic rings. The molecule has 2 N–H and O–H groups in total. The topological polar surface area (TPSA) is 68.4 Å². The van der Waals surface area contributed by atoms with E-state index in [-0.39, 0.29) is 11.5 Å². The largest absolute Gasteiger partial charge is 0.381 e. The molecule has 0 radical (unpaired) electrons. The quantitative estimate of drug-likeness (QED) is 0.895. The number of aromatic nitrogens is 1. The normalized spacial score (nSPS) is 22.3. The summed E-state index contributed by atoms with van der Waals surface area (Å²) >= 11 is 0. The third kappa shape index (κ3) is 2.87. The highest BCUT2D eigenvalue weighted by Crippen LogP contribution is 2.33. The van der Waals surface area contributed by atoms with E-state index in [4.69, 9.17) is 10.5 Å². The van der Waals surface area contributed by atoms with Crippen LogP contribution in [0.2, 0.25) is 0 Å². The minimum Gasteiger partial charge on any atom is -0.381 e. The van der Waals surface area contributed by atoms with Crippen molar-refractivity contribution in [1.82, 2.24) is 4.98 Å². The minimum absolute atomic E-state index is 0.0726. The number of piperidine rings is 1. The van der Waals surface area contributed by atoms with Crippen molar-refractivity contribution in [2.24, 2.45) is 11.1 Å². The Morgan fingerprint density at radius 1 is 1.58 bits per heavy atom. The van der Waals surface area contributed by atoms with Crippen LogP contribution in [0.5, 0.6) is 0 Å². The van der Waals surface area contributed by atoms with Crippen LogP contribution in [0.3, 0.4) is 0 Å². The van der Waals surface area contributed by atoms with Gasteiger partial charge in [0.1, 0.15) is 5.69 Å². The van der Waals surface area contributed by atoms with E-state index < -0.39 is 5.91 Å². The Kier molecular flexibility index (Phi) is 3.75. The molecule has 1 saturated heterocycles. The predicted molar refractivity (Wildman–Crippen MR) is 74.2 cm³/mol. The fourth-order valence-electron chi connectivity index (χ4n) is 2.74. The van der Waals surface area contributed by atoms with Crippen LogP contribution in [0.25, 0.3) is 0 Å². The van der Waals surface area contributed by atoms with Crippen LogP contribution in [-0.4, -0.2) is 37.2 Å². The number of nitrogens with zero attached hydrogens (tertiary/aromatic N) is 2. The summed E-state index contributed by atoms with van der Waals surface area (Å²) in [6.07, 6.45) is 2.86. The number of methoxy groups -OCH3 is 1. The molecule has 104 valence electrons. The maximum atomic E-state index is 11.2. The van der Waals surface area contributed by atoms with E-state index in [1.165, 1.54) is 0 Å². The molecule has 0 bridgehead atoms. The van der Waals surface area contributed by atoms with E-state index in [2.05, 4.69) is 23.7 Å². The number of pyridine rings is 1. The van der Waals surface area contributed by atoms with Crippen LogP contribution in [0.15, 0.2) is 18.3 Å². The molecule has 1 unspecified atom stereocenters. The zero-order chi connectivity index (χ0) is 14.0. The van der Waals surface area contributed by atoms with Gasteiger partial charge in [-0.1, -0.05) is 13.8 Å². The molecule has 1 amide bonds. The summed E-state index contributed by atoms with van der Waals surface area (Å²) in [5.41, 5.74) is 6.64. The van der Waals surface area contributed by atoms with Gasteiger partial charge in [-0.15, -0.1) is 0 Å². The molecule has 1 aromatic heterocycles. The monoisotopic (exact) mass is 263 g/mol. The summed E-state index contributed by atoms with van der Waals surface area (Å²) in [4.78, 5) is 17.4. The number of carbonyl (C=O) groups is 1. The first-order valence-electron chi connectivity index (χ1n) is 6.47. The lowest BCUT2D eigenvalue weighted by atomic mass is 9.81. The molecular formula is C14H21N3O2. The lowest BCUT2D eigenvalue weighted by molar-refractivity contribution is -0.00628. The number of carbonyl (C=O) groups excluding carboxylic acids is 1. The molecule has 19 heavy (non-hydrogen) atoms. The van der Waals surface area contributed by atoms with Crippen molar-refractivity contribution in [3.05, 3.63) is 24.0 Å². The molecule has 1 fully saturated rings. The molecule has 2 rings (SSSR count). The van der Waals surface area contributed by atoms with Crippen LogP contribution in [0.1, 0.15) is 30.8 Å². The minimum atomic E-state index is -0.493. The Bertz CT molecular complexity index is 474. The second-order valence-corrected chi connectivity index (χ2v) is 5.69. The van der Waals surface area contributed by atoms with Crippen LogP contribution >= 0.6 is 0 Å². The van der Waals surface area contributed by atoms with Gasteiger partial charge in [0.05, 0.1) is 6.10 Å². The van der Waals surface area contributed by atoms with Crippen LogP contribution in [0, 0.1) is 5.41 Å². The number of nitrogens with two attached hydrogens (primary N) is 1. The van der Waals surface area contributed by atoms with Crippen molar-refractivity contribution in [3.63, 3.8) is 0 Å². The van der Waals surface area contributed by atoms with Gasteiger partial charge in [-0.2, -0.15) is 0 Å². The van der Waals surface area contributed by atoms with E-state index in [1.807, 2.05) is 6.07 Å². The average Bonchev–Trinajstić information content (AvgIpc) is 2.37. The van der Waals surface area contributed by atoms with E-state index in [1.54, 1.807) is 19.4 Å². The molecule has 5 nitrogen and oxygen atoms in total. The standard InChI is InChI=1S/C14H21N3O2/c1-14(2)9-17(7-5-12(14)19-3)10-4-6-16-11(8-10)13(15)18/h4,6,8,12H,5,7,9H2,1-3H3,(H2,15,18). The summed E-state index contributed by atoms with van der Waals surface area (Å²) in [6, 6.07) is 3.67. The molecule has 0 saturated carbocycles. The Morgan fingerprint density at radius 3 is 2.89 bits per heavy atom. The first kappa shape index (κ1) is 13.8. The van der Waals surface area contributed by atoms with Crippen molar-refractivity contribution in [2.45, 2.75) is 26.4 Å². The average molecular weight is 263 g/mol. The second-order valence-electron chi connectivity index (χ2n) is 5.69. The van der Waals surface area contributed by atoms with Gasteiger partial charge in [0.2, 0.25) is 0 Å². The Morgan fingerprint density at radius 2 is 2.32 bits per heavy atom. The van der Waals surface area contributed by atoms with Gasteiger partial charge in [0.15, 0.2) is 0 Å². The number of hydrogen-bond acceptors (Lipinski definition) is 4. The van der Waals surface area contributed by atoms with Crippen LogP contribution in [-0.2, 0) is 4.74 Å². The summed E-state index contributed by atoms with van der Waals surface area (Å²) in [7, 11) is 1.76. The molecule has 2 heterocycles. The molecule has 1 aliphatic heterocycles. The molecule has 0 spiro atoms. The summed E-state index contributed by atoms with van der Waals surface area (Å²) in [5, 5.41) is 0. The molecule has 0 aliphatic carbocycles. The summed E-state index contributed by atoms with van der Waals surface area (Å²) in [6.45, 7) is 6.19. The van der Waals surface area contributed by atoms with Crippen molar-refractivity contribution in [1.29, 1.82) is 0 Å². The van der Waals surface area contributed by atoms with Crippen molar-refractivity contribution in [2.75, 3.05) is 25.1 Å². The number of primary amides is 1. The SMILES string of the molecule is COC1CCN(c2ccnc(C(N)=O)c2)CC1(C)C. The highest BCUT2D eigenvalue weighted by atomic mass is 16.5. The summed E-state index contributed by atoms with van der Waals surface area (Å²) in [5.74, 6) is -0.493. The zero-order valence-electron chi connectivity index (χ0n) is 11.7. The predicted octanol–water partition coefficient (Wildman–Crippen LogP) is 1.43. The van der Waals surface area contributed by atoms with Gasteiger partial charge >= 0.3 is 0 Å². The molecule has 0 aromatic carbocycles. The van der Waals surface area contributed by atoms with Crippen LogP contribution < -0.4 is 10.6 Å². The maximum Gasteiger partial charge on any atom is 0.267 e. The fourth-order valence-corrected chi connectivity index (χ4v) is 2.74. The first-order chi connectivity index (χ1) is 8.94. The van der Waals surface area contributed by atoms with Crippen molar-refractivity contribution >= 4 is 11.6 Å². The number of amides is 1. The molecule has 1 aliphatic rings. The van der Waals surface area contributed by atoms with Gasteiger partial charge in [-0.05, 0) is 18.6 Å². The van der Waals surface area contributed by atoms with E-state index >= 15 is 0 Å². The van der Waals surface area contributed by atoms with Crippen molar-refractivity contribution in [3.8, 4) is 0 Å². The third-order valence-corrected chi connectivity index (χ3v) is 3.78. The Balaban J connectivity index is 2.20. The first-order valence-corrected chi connectivity index (χ1v) is 6.47. The number of ether oxygens (including phenoxy) is 1. The smallest absolute Gasteiger partial charge is 0.267 e. The molecular weight excluding hydrogens is 242 g/mol. The molecule has 1 atom stereocenters. The summed E-state index contributed by atoms with van der Waals surface area (Å²) < 4.78 is 5.54. The molecule has 5 heteroatoms. The lowest BCUT2D eigenvalue weighted by Gasteiger charge is -2.44. The fraction of sp³-hybridized carbons (Fsp3) is 0.571. The highest BCUT2D eigenvalue weighted by Gasteiger charge is 2.36. The number of hydrogen-bond donors (Lipinski definition) is 1. The van der Waals surface area contributed by atoms with Gasteiger partial charge in [0.25, 0.3) is 5.91 Å². The lowest BCUT2D eigenvalue weighted by Crippen LogP contribution is -2.49. The number of anilines is 1.